The number of ketones is 2. The van der Waals surface area contributed by atoms with Gasteiger partial charge in [0.05, 0.1) is 41.8 Å². The molecule has 2 fully saturated rings. The number of aromatic nitrogens is 6. The van der Waals surface area contributed by atoms with Crippen LogP contribution in [0, 0.1) is 0 Å². The number of carbonyl (C=O) groups excluding carboxylic acids is 4. The van der Waals surface area contributed by atoms with Gasteiger partial charge in [0.25, 0.3) is 10.9 Å². The van der Waals surface area contributed by atoms with E-state index in [0.29, 0.717) is 22.4 Å². The van der Waals surface area contributed by atoms with Gasteiger partial charge in [-0.15, -0.1) is 0 Å². The predicted octanol–water partition coefficient (Wildman–Crippen LogP) is -3.14. The van der Waals surface area contributed by atoms with Crippen LogP contribution >= 0.6 is 0 Å². The van der Waals surface area contributed by atoms with Crippen LogP contribution in [0.25, 0.3) is 44.6 Å². The average molecular weight is 1200 g/mol. The molecule has 13 N–H and O–H groups in total. The van der Waals surface area contributed by atoms with Gasteiger partial charge in [-0.05, 0) is 12.1 Å². The van der Waals surface area contributed by atoms with Gasteiger partial charge >= 0.3 is 20.5 Å². The van der Waals surface area contributed by atoms with Crippen molar-refractivity contribution in [3.05, 3.63) is 138 Å². The number of benzene rings is 2. The molecule has 32 nitrogen and oxygen atoms in total. The van der Waals surface area contributed by atoms with Gasteiger partial charge in [0.2, 0.25) is 22.7 Å². The lowest BCUT2D eigenvalue weighted by Crippen LogP contribution is -2.45. The third-order valence-electron chi connectivity index (χ3n) is 13.5. The summed E-state index contributed by atoms with van der Waals surface area (Å²) in [7, 11) is -9.20. The van der Waals surface area contributed by atoms with Crippen LogP contribution in [-0.4, -0.2) is 150 Å². The Labute approximate surface area is 470 Å². The van der Waals surface area contributed by atoms with Gasteiger partial charge in [-0.3, -0.25) is 51.7 Å². The second-order valence-corrected chi connectivity index (χ2v) is 21.7. The number of fused-ring (bicyclic) bond motifs is 2. The number of hydrogen-bond donors (Lipinski definition) is 11. The van der Waals surface area contributed by atoms with E-state index in [-0.39, 0.29) is 44.7 Å². The smallest absolute Gasteiger partial charge is 0.362 e. The van der Waals surface area contributed by atoms with Gasteiger partial charge in [0.15, 0.2) is 46.8 Å². The van der Waals surface area contributed by atoms with Crippen LogP contribution in [0.2, 0.25) is 0 Å². The van der Waals surface area contributed by atoms with Crippen LogP contribution < -0.4 is 47.3 Å². The summed E-state index contributed by atoms with van der Waals surface area (Å²) in [5.74, 6) is -4.95. The molecular formula is C50H47N11O21S2. The molecular weight excluding hydrogens is 1150 g/mol. The van der Waals surface area contributed by atoms with Crippen LogP contribution in [0.1, 0.15) is 58.9 Å². The third-order valence-corrected chi connectivity index (χ3v) is 15.4. The zero-order valence-corrected chi connectivity index (χ0v) is 44.5. The number of nitrogen functional groups attached to an aromatic ring is 2. The van der Waals surface area contributed by atoms with Crippen molar-refractivity contribution in [3.63, 3.8) is 0 Å². The minimum absolute atomic E-state index is 0.0134. The monoisotopic (exact) mass is 1200 g/mol. The molecule has 0 spiro atoms. The van der Waals surface area contributed by atoms with E-state index >= 15 is 0 Å². The van der Waals surface area contributed by atoms with Gasteiger partial charge in [0, 0.05) is 66.9 Å². The van der Waals surface area contributed by atoms with Crippen molar-refractivity contribution < 1.29 is 80.3 Å². The Balaban J connectivity index is 0.000000202. The predicted molar refractivity (Wildman–Crippen MR) is 288 cm³/mol. The lowest BCUT2D eigenvalue weighted by Gasteiger charge is -2.16. The highest BCUT2D eigenvalue weighted by Gasteiger charge is 2.46. The van der Waals surface area contributed by atoms with Gasteiger partial charge in [-0.25, -0.2) is 29.4 Å². The van der Waals surface area contributed by atoms with Crippen molar-refractivity contribution in [3.8, 4) is 33.8 Å². The van der Waals surface area contributed by atoms with E-state index in [1.807, 2.05) is 0 Å². The van der Waals surface area contributed by atoms with E-state index in [4.69, 9.17) is 25.1 Å². The Morgan fingerprint density at radius 3 is 1.46 bits per heavy atom. The number of imidazole rings is 2. The molecule has 0 radical (unpaired) electrons. The number of anilines is 2. The number of aliphatic hydroxyl groups is 4. The molecule has 2 aliphatic rings. The van der Waals surface area contributed by atoms with Crippen molar-refractivity contribution >= 4 is 77.6 Å². The summed E-state index contributed by atoms with van der Waals surface area (Å²) in [5.41, 5.74) is 8.90. The van der Waals surface area contributed by atoms with Gasteiger partial charge in [0.1, 0.15) is 47.7 Å². The summed E-state index contributed by atoms with van der Waals surface area (Å²) >= 11 is 0. The van der Waals surface area contributed by atoms with Crippen LogP contribution in [0.5, 0.6) is 11.5 Å². The molecule has 8 atom stereocenters. The zero-order chi connectivity index (χ0) is 60.7. The van der Waals surface area contributed by atoms with E-state index in [0.717, 1.165) is 0 Å². The minimum atomic E-state index is -4.72. The highest BCUT2D eigenvalue weighted by Crippen LogP contribution is 2.35. The first-order valence-corrected chi connectivity index (χ1v) is 27.6. The van der Waals surface area contributed by atoms with Crippen molar-refractivity contribution in [1.82, 2.24) is 43.2 Å². The number of Topliss-reactive ketones (excluding diaryl/α,β-unsaturated/α-hetero) is 2. The van der Waals surface area contributed by atoms with Gasteiger partial charge in [-0.1, -0.05) is 48.5 Å². The number of ether oxygens (including phenoxy) is 2. The van der Waals surface area contributed by atoms with Gasteiger partial charge in [-0.2, -0.15) is 21.6 Å². The topological polar surface area (TPSA) is 503 Å². The largest absolute Gasteiger partial charge is 0.503 e. The summed E-state index contributed by atoms with van der Waals surface area (Å²) in [6, 6.07) is 14.4. The minimum Gasteiger partial charge on any atom is -0.503 e. The molecule has 0 unspecified atom stereocenters. The molecule has 34 heteroatoms. The second kappa shape index (κ2) is 23.6. The first kappa shape index (κ1) is 59.5. The van der Waals surface area contributed by atoms with Crippen molar-refractivity contribution in [2.45, 2.75) is 74.8 Å². The molecule has 4 aromatic heterocycles. The molecule has 0 saturated carbocycles. The lowest BCUT2D eigenvalue weighted by atomic mass is 9.92. The quantitative estimate of drug-likeness (QED) is 0.0265. The number of carbonyl (C=O) groups is 4. The van der Waals surface area contributed by atoms with Crippen molar-refractivity contribution in [2.75, 3.05) is 24.6 Å². The van der Waals surface area contributed by atoms with Crippen LogP contribution in [0.15, 0.2) is 105 Å². The first-order chi connectivity index (χ1) is 39.8. The van der Waals surface area contributed by atoms with Gasteiger partial charge < -0.3 is 51.6 Å². The molecule has 10 rings (SSSR count). The maximum atomic E-state index is 12.7. The molecule has 2 aliphatic heterocycles. The third kappa shape index (κ3) is 11.8. The Kier molecular flexibility index (Phi) is 16.7. The van der Waals surface area contributed by atoms with Crippen LogP contribution in [0.4, 0.5) is 11.4 Å². The lowest BCUT2D eigenvalue weighted by molar-refractivity contribution is -0.120. The molecule has 0 bridgehead atoms. The maximum Gasteiger partial charge on any atom is 0.362 e. The molecule has 4 aromatic carbocycles. The van der Waals surface area contributed by atoms with Crippen LogP contribution in [0.3, 0.4) is 0 Å². The number of pyridine rings is 2. The summed E-state index contributed by atoms with van der Waals surface area (Å²) in [4.78, 5) is 113. The number of rotatable bonds is 20. The standard InChI is InChI=1S/C25H24N6O10S.C25H23N5O11S/c26-13-7-8-27-24-18(13)28-10-31(24)25-23(38)19(34)15(41-25)9-29-42(39,40)30-16(33)6-5-14(32)11-3-1-2-4-12(11)17-20(35)22(37)21(17)36;26-13-7-8-27-24-18(13)28-10-30(24)25-23(37)19(33)15(41-25)9-40-42(38,39)29-16(32)6-5-14(31)11-3-1-2-4-12(11)17-20(34)22(36)21(17)35/h1-4,7-8,10,15,19,23,25,29,34-35,38H,5-6,9H2,(H2,26,27)(H,30,33);1-4,7-8,10,15,19,23,25,33-34,37H,5-6,9H2,(H2,26,27)(H,29,32)/t2*15-,19-,23-,25-/m11/s1. The number of nitrogens with zero attached hydrogens (tertiary/aromatic N) is 6. The van der Waals surface area contributed by atoms with E-state index in [9.17, 15) is 85.8 Å². The number of nitrogens with one attached hydrogen (secondary N) is 3. The number of hydrogen-bond acceptors (Lipinski definition) is 27. The Hall–Kier alpha value is -9.10. The molecule has 440 valence electrons. The molecule has 6 heterocycles. The highest BCUT2D eigenvalue weighted by molar-refractivity contribution is 7.88. The summed E-state index contributed by atoms with van der Waals surface area (Å²) in [6.45, 7) is -1.31. The number of amides is 2. The molecule has 2 amide bonds. The van der Waals surface area contributed by atoms with Crippen molar-refractivity contribution in [1.29, 1.82) is 0 Å². The van der Waals surface area contributed by atoms with E-state index in [1.54, 1.807) is 9.44 Å². The Bertz CT molecular complexity index is 4030. The second-order valence-electron chi connectivity index (χ2n) is 18.9. The molecule has 84 heavy (non-hydrogen) atoms. The number of aromatic hydroxyl groups is 2. The Morgan fingerprint density at radius 2 is 1.00 bits per heavy atom. The maximum absolute atomic E-state index is 12.7. The fourth-order valence-corrected chi connectivity index (χ4v) is 10.8. The van der Waals surface area contributed by atoms with E-state index in [1.165, 1.54) is 94.8 Å². The summed E-state index contributed by atoms with van der Waals surface area (Å²) < 4.78 is 73.7. The molecule has 8 aromatic rings. The normalized spacial score (nSPS) is 20.7. The summed E-state index contributed by atoms with van der Waals surface area (Å²) in [6.07, 6.45) is -7.67. The summed E-state index contributed by atoms with van der Waals surface area (Å²) in [5, 5.41) is 61.3. The van der Waals surface area contributed by atoms with Crippen molar-refractivity contribution in [2.24, 2.45) is 0 Å². The highest BCUT2D eigenvalue weighted by atomic mass is 32.2. The van der Waals surface area contributed by atoms with E-state index in [2.05, 4.69) is 24.7 Å². The number of nitrogens with two attached hydrogens (primary N) is 2. The zero-order valence-electron chi connectivity index (χ0n) is 42.9. The first-order valence-electron chi connectivity index (χ1n) is 24.8. The van der Waals surface area contributed by atoms with Crippen LogP contribution in [-0.2, 0) is 43.8 Å². The van der Waals surface area contributed by atoms with E-state index < -0.39 is 165 Å². The Morgan fingerprint density at radius 1 is 0.571 bits per heavy atom. The SMILES string of the molecule is Nc1ccnc2c1ncn2[C@@H]1O[C@H](CNS(=O)(=O)NC(=O)CCC(=O)c2ccccc2-c2c(O)c(=O)c2=O)[C@@H](O)[C@H]1O.Nc1ccnc2c1ncn2[C@@H]1O[C@H](COS(=O)(=O)NC(=O)CCC(=O)c2ccccc2-c2c(O)c(=O)c2=O)[C@@H](O)[C@H]1O. The fourth-order valence-electron chi connectivity index (χ4n) is 9.18. The fraction of sp³-hybridized carbons (Fsp3) is 0.280. The number of aliphatic hydroxyl groups excluding tert-OH is 4. The molecule has 0 aliphatic carbocycles. The molecule has 2 saturated heterocycles. The average Bonchev–Trinajstić information content (AvgIpc) is 1.32.